The lowest BCUT2D eigenvalue weighted by molar-refractivity contribution is -0.143. The van der Waals surface area contributed by atoms with Crippen LogP contribution in [0.15, 0.2) is 21.3 Å². The lowest BCUT2D eigenvalue weighted by Gasteiger charge is -2.11. The smallest absolute Gasteiger partial charge is 0.322 e. The molecule has 0 aliphatic heterocycles. The van der Waals surface area contributed by atoms with Gasteiger partial charge in [-0.05, 0) is 37.3 Å². The molecule has 3 aromatic rings. The molecular weight excluding hydrogens is 476 g/mol. The van der Waals surface area contributed by atoms with Crippen molar-refractivity contribution in [2.45, 2.75) is 38.0 Å². The van der Waals surface area contributed by atoms with Crippen LogP contribution >= 0.6 is 23.1 Å². The van der Waals surface area contributed by atoms with Crippen molar-refractivity contribution in [3.8, 4) is 10.7 Å². The summed E-state index contributed by atoms with van der Waals surface area (Å²) in [4.78, 5) is 18.5. The van der Waals surface area contributed by atoms with Gasteiger partial charge in [-0.3, -0.25) is 4.79 Å². The molecule has 0 bridgehead atoms. The van der Waals surface area contributed by atoms with Crippen LogP contribution in [0.2, 0.25) is 0 Å². The highest BCUT2D eigenvalue weighted by Crippen LogP contribution is 2.44. The zero-order valence-corrected chi connectivity index (χ0v) is 19.3. The van der Waals surface area contributed by atoms with E-state index in [-0.39, 0.29) is 16.9 Å². The number of nitrogens with zero attached hydrogens (tertiary/aromatic N) is 3. The van der Waals surface area contributed by atoms with E-state index in [4.69, 9.17) is 0 Å². The lowest BCUT2D eigenvalue weighted by atomic mass is 10.2. The molecule has 0 fully saturated rings. The molecule has 12 heteroatoms. The number of rotatable bonds is 4. The molecule has 0 N–H and O–H groups in total. The molecule has 0 saturated carbocycles. The number of pyridine rings is 1. The quantitative estimate of drug-likeness (QED) is 0.310. The molecular formula is C20H19F6N3OS2. The molecule has 0 spiro atoms. The van der Waals surface area contributed by atoms with E-state index in [0.717, 1.165) is 37.5 Å². The van der Waals surface area contributed by atoms with Crippen LogP contribution in [0.25, 0.3) is 27.8 Å². The Labute approximate surface area is 187 Å². The van der Waals surface area contributed by atoms with Crippen LogP contribution in [0.4, 0.5) is 26.3 Å². The maximum Gasteiger partial charge on any atom is 0.431 e. The van der Waals surface area contributed by atoms with Gasteiger partial charge in [0.1, 0.15) is 11.2 Å². The Morgan fingerprint density at radius 1 is 1.19 bits per heavy atom. The maximum atomic E-state index is 13.3. The first-order chi connectivity index (χ1) is 14.7. The largest absolute Gasteiger partial charge is 0.431 e. The molecule has 174 valence electrons. The zero-order valence-electron chi connectivity index (χ0n) is 17.7. The minimum atomic E-state index is -4.74. The number of aromatic nitrogens is 3. The zero-order chi connectivity index (χ0) is 24.2. The van der Waals surface area contributed by atoms with Crippen LogP contribution in [0.3, 0.4) is 0 Å². The Kier molecular flexibility index (Phi) is 6.33. The van der Waals surface area contributed by atoms with Crippen LogP contribution < -0.4 is 5.56 Å². The summed E-state index contributed by atoms with van der Waals surface area (Å²) in [5.74, 6) is 0.848. The van der Waals surface area contributed by atoms with E-state index in [2.05, 4.69) is 4.98 Å². The summed E-state index contributed by atoms with van der Waals surface area (Å²) in [6.45, 7) is 4.54. The Morgan fingerprint density at radius 2 is 1.81 bits per heavy atom. The monoisotopic (exact) mass is 495 g/mol. The van der Waals surface area contributed by atoms with Crippen molar-refractivity contribution >= 4 is 40.2 Å². The van der Waals surface area contributed by atoms with Crippen molar-refractivity contribution in [2.75, 3.05) is 5.75 Å². The fourth-order valence-corrected chi connectivity index (χ4v) is 5.67. The molecule has 0 aliphatic rings. The lowest BCUT2D eigenvalue weighted by Crippen LogP contribution is -2.26. The second kappa shape index (κ2) is 8.29. The van der Waals surface area contributed by atoms with Crippen molar-refractivity contribution < 1.29 is 26.3 Å². The summed E-state index contributed by atoms with van der Waals surface area (Å²) in [7, 11) is 2.54. The summed E-state index contributed by atoms with van der Waals surface area (Å²) < 4.78 is 81.1. The van der Waals surface area contributed by atoms with Gasteiger partial charge >= 0.3 is 12.4 Å². The third kappa shape index (κ3) is 4.21. The SMILES string of the molecule is CCSc1c(-c2nc3cc(C(F)(F)F)n(C)c(=O)c3n2C)sc(/C=C(\C)C(F)(F)F)c1C. The molecule has 0 radical (unpaired) electrons. The molecule has 0 aromatic carbocycles. The van der Waals surface area contributed by atoms with E-state index < -0.39 is 29.2 Å². The average Bonchev–Trinajstić information content (AvgIpc) is 3.15. The van der Waals surface area contributed by atoms with E-state index in [9.17, 15) is 31.1 Å². The van der Waals surface area contributed by atoms with Crippen molar-refractivity contribution in [1.29, 1.82) is 0 Å². The minimum Gasteiger partial charge on any atom is -0.322 e. The third-order valence-electron chi connectivity index (χ3n) is 4.97. The first-order valence-electron chi connectivity index (χ1n) is 9.34. The van der Waals surface area contributed by atoms with E-state index in [1.807, 2.05) is 6.92 Å². The maximum absolute atomic E-state index is 13.3. The number of hydrogen-bond donors (Lipinski definition) is 0. The van der Waals surface area contributed by atoms with Gasteiger partial charge in [0.05, 0.1) is 10.4 Å². The van der Waals surface area contributed by atoms with E-state index in [1.165, 1.54) is 23.4 Å². The molecule has 4 nitrogen and oxygen atoms in total. The highest BCUT2D eigenvalue weighted by Gasteiger charge is 2.35. The predicted molar refractivity (Wildman–Crippen MR) is 115 cm³/mol. The number of aryl methyl sites for hydroxylation is 1. The van der Waals surface area contributed by atoms with Gasteiger partial charge in [0.15, 0.2) is 5.82 Å². The average molecular weight is 496 g/mol. The second-order valence-corrected chi connectivity index (χ2v) is 9.45. The van der Waals surface area contributed by atoms with Gasteiger partial charge in [-0.2, -0.15) is 26.3 Å². The fraction of sp³-hybridized carbons (Fsp3) is 0.400. The fourth-order valence-electron chi connectivity index (χ4n) is 3.24. The van der Waals surface area contributed by atoms with Gasteiger partial charge in [0.25, 0.3) is 5.56 Å². The van der Waals surface area contributed by atoms with E-state index in [1.54, 1.807) is 6.92 Å². The Morgan fingerprint density at radius 3 is 2.34 bits per heavy atom. The first kappa shape index (κ1) is 24.4. The molecule has 0 amide bonds. The molecule has 0 saturated heterocycles. The predicted octanol–water partition coefficient (Wildman–Crippen LogP) is 6.41. The minimum absolute atomic E-state index is 0.0161. The van der Waals surface area contributed by atoms with Crippen LogP contribution in [0, 0.1) is 6.92 Å². The Hall–Kier alpha value is -2.21. The standard InChI is InChI=1S/C20H19F6N3OS2/c1-6-31-15-10(3)12(7-9(2)19(21,22)23)32-16(15)17-27-11-8-13(20(24,25)26)28(4)18(30)14(11)29(17)5/h7-8H,6H2,1-5H3/b9-7+. The van der Waals surface area contributed by atoms with E-state index >= 15 is 0 Å². The summed E-state index contributed by atoms with van der Waals surface area (Å²) in [5, 5.41) is 0. The molecule has 3 rings (SSSR count). The topological polar surface area (TPSA) is 39.8 Å². The number of fused-ring (bicyclic) bond motifs is 1. The number of thioether (sulfide) groups is 1. The highest BCUT2D eigenvalue weighted by molar-refractivity contribution is 7.99. The molecule has 32 heavy (non-hydrogen) atoms. The van der Waals surface area contributed by atoms with Crippen molar-refractivity contribution in [3.63, 3.8) is 0 Å². The van der Waals surface area contributed by atoms with Gasteiger partial charge in [-0.1, -0.05) is 6.92 Å². The Bertz CT molecular complexity index is 1280. The summed E-state index contributed by atoms with van der Waals surface area (Å²) in [6, 6.07) is 0.807. The number of alkyl halides is 6. The summed E-state index contributed by atoms with van der Waals surface area (Å²) in [5.41, 5.74) is -2.28. The van der Waals surface area contributed by atoms with Gasteiger partial charge < -0.3 is 9.13 Å². The van der Waals surface area contributed by atoms with Crippen LogP contribution in [0.1, 0.15) is 30.0 Å². The summed E-state index contributed by atoms with van der Waals surface area (Å²) in [6.07, 6.45) is -8.17. The Balaban J connectivity index is 2.31. The number of allylic oxidation sites excluding steroid dienone is 1. The molecule has 3 aromatic heterocycles. The van der Waals surface area contributed by atoms with Crippen molar-refractivity contribution in [1.82, 2.24) is 14.1 Å². The number of halogens is 6. The molecule has 0 atom stereocenters. The van der Waals surface area contributed by atoms with Gasteiger partial charge in [-0.25, -0.2) is 4.98 Å². The third-order valence-corrected chi connectivity index (χ3v) is 7.42. The van der Waals surface area contributed by atoms with E-state index in [0.29, 0.717) is 30.5 Å². The number of hydrogen-bond acceptors (Lipinski definition) is 4. The van der Waals surface area contributed by atoms with Crippen LogP contribution in [0.5, 0.6) is 0 Å². The van der Waals surface area contributed by atoms with Gasteiger partial charge in [-0.15, -0.1) is 23.1 Å². The van der Waals surface area contributed by atoms with Crippen molar-refractivity contribution in [3.05, 3.63) is 38.1 Å². The molecule has 3 heterocycles. The number of imidazole rings is 1. The summed E-state index contributed by atoms with van der Waals surface area (Å²) >= 11 is 2.46. The molecule has 0 aliphatic carbocycles. The van der Waals surface area contributed by atoms with Gasteiger partial charge in [0.2, 0.25) is 0 Å². The first-order valence-corrected chi connectivity index (χ1v) is 11.1. The van der Waals surface area contributed by atoms with Gasteiger partial charge in [0, 0.05) is 29.4 Å². The second-order valence-electron chi connectivity index (χ2n) is 7.13. The number of thiophene rings is 1. The highest BCUT2D eigenvalue weighted by atomic mass is 32.2. The normalized spacial score (nSPS) is 13.4. The van der Waals surface area contributed by atoms with Crippen molar-refractivity contribution in [2.24, 2.45) is 14.1 Å². The van der Waals surface area contributed by atoms with Crippen LogP contribution in [-0.4, -0.2) is 26.0 Å². The van der Waals surface area contributed by atoms with Crippen LogP contribution in [-0.2, 0) is 20.3 Å². The molecule has 0 unspecified atom stereocenters.